The van der Waals surface area contributed by atoms with Crippen molar-refractivity contribution >= 4 is 16.8 Å². The predicted molar refractivity (Wildman–Crippen MR) is 93.5 cm³/mol. The lowest BCUT2D eigenvalue weighted by molar-refractivity contribution is 0.0947. The van der Waals surface area contributed by atoms with Crippen molar-refractivity contribution in [2.24, 2.45) is 5.92 Å². The van der Waals surface area contributed by atoms with Gasteiger partial charge in [0.25, 0.3) is 5.91 Å². The molecule has 3 rings (SSSR count). The molecule has 1 atom stereocenters. The summed E-state index contributed by atoms with van der Waals surface area (Å²) in [4.78, 5) is 17.4. The van der Waals surface area contributed by atoms with Crippen LogP contribution in [-0.4, -0.2) is 36.3 Å². The number of nitrogens with one attached hydrogen (secondary N) is 1. The molecule has 0 aliphatic heterocycles. The quantitative estimate of drug-likeness (QED) is 0.820. The van der Waals surface area contributed by atoms with Crippen LogP contribution >= 0.6 is 0 Å². The summed E-state index contributed by atoms with van der Waals surface area (Å²) in [5.74, 6) is 1.34. The first-order valence-electron chi connectivity index (χ1n) is 8.50. The molecule has 1 unspecified atom stereocenters. The first-order chi connectivity index (χ1) is 11.6. The van der Waals surface area contributed by atoms with Gasteiger partial charge >= 0.3 is 0 Å². The summed E-state index contributed by atoms with van der Waals surface area (Å²) < 4.78 is 5.29. The van der Waals surface area contributed by atoms with E-state index in [4.69, 9.17) is 14.8 Å². The maximum Gasteiger partial charge on any atom is 0.252 e. The van der Waals surface area contributed by atoms with Gasteiger partial charge in [-0.1, -0.05) is 6.92 Å². The lowest BCUT2D eigenvalue weighted by Crippen LogP contribution is -2.29. The van der Waals surface area contributed by atoms with Crippen LogP contribution in [0.2, 0.25) is 0 Å². The molecule has 1 aliphatic carbocycles. The molecule has 5 heteroatoms. The minimum absolute atomic E-state index is 0.0951. The van der Waals surface area contributed by atoms with Crippen LogP contribution < -0.4 is 10.1 Å². The smallest absolute Gasteiger partial charge is 0.252 e. The van der Waals surface area contributed by atoms with E-state index in [2.05, 4.69) is 5.32 Å². The fourth-order valence-electron chi connectivity index (χ4n) is 2.81. The lowest BCUT2D eigenvalue weighted by Gasteiger charge is -2.14. The van der Waals surface area contributed by atoms with E-state index in [0.717, 1.165) is 29.4 Å². The summed E-state index contributed by atoms with van der Waals surface area (Å²) >= 11 is 0. The van der Waals surface area contributed by atoms with Crippen molar-refractivity contribution in [3.8, 4) is 5.75 Å². The van der Waals surface area contributed by atoms with Crippen LogP contribution in [0.25, 0.3) is 10.9 Å². The number of pyridine rings is 1. The zero-order valence-corrected chi connectivity index (χ0v) is 14.2. The second kappa shape index (κ2) is 7.18. The molecule has 1 heterocycles. The van der Waals surface area contributed by atoms with E-state index in [9.17, 15) is 4.79 Å². The molecule has 128 valence electrons. The van der Waals surface area contributed by atoms with Gasteiger partial charge in [0.15, 0.2) is 0 Å². The van der Waals surface area contributed by atoms with E-state index in [1.54, 1.807) is 7.11 Å². The van der Waals surface area contributed by atoms with Gasteiger partial charge < -0.3 is 15.2 Å². The average Bonchev–Trinajstić information content (AvgIpc) is 3.43. The van der Waals surface area contributed by atoms with Crippen LogP contribution in [0.15, 0.2) is 24.3 Å². The van der Waals surface area contributed by atoms with Crippen molar-refractivity contribution in [1.82, 2.24) is 10.3 Å². The van der Waals surface area contributed by atoms with Gasteiger partial charge in [-0.15, -0.1) is 0 Å². The van der Waals surface area contributed by atoms with Crippen LogP contribution in [0.5, 0.6) is 5.75 Å². The van der Waals surface area contributed by atoms with Crippen LogP contribution in [0.4, 0.5) is 0 Å². The van der Waals surface area contributed by atoms with Crippen LogP contribution in [0, 0.1) is 5.92 Å². The van der Waals surface area contributed by atoms with Gasteiger partial charge in [0.2, 0.25) is 0 Å². The zero-order valence-electron chi connectivity index (χ0n) is 14.2. The summed E-state index contributed by atoms with van der Waals surface area (Å²) in [6, 6.07) is 7.57. The van der Waals surface area contributed by atoms with Crippen LogP contribution in [0.1, 0.15) is 48.2 Å². The van der Waals surface area contributed by atoms with Gasteiger partial charge in [0.1, 0.15) is 5.75 Å². The molecule has 0 bridgehead atoms. The van der Waals surface area contributed by atoms with Crippen molar-refractivity contribution in [3.63, 3.8) is 0 Å². The Morgan fingerprint density at radius 1 is 1.42 bits per heavy atom. The van der Waals surface area contributed by atoms with E-state index < -0.39 is 0 Å². The third-order valence-corrected chi connectivity index (χ3v) is 4.51. The highest BCUT2D eigenvalue weighted by molar-refractivity contribution is 6.06. The maximum absolute atomic E-state index is 12.7. The average molecular weight is 328 g/mol. The van der Waals surface area contributed by atoms with Gasteiger partial charge in [-0.2, -0.15) is 0 Å². The van der Waals surface area contributed by atoms with Crippen molar-refractivity contribution in [2.45, 2.75) is 32.1 Å². The number of nitrogens with zero attached hydrogens (tertiary/aromatic N) is 1. The Balaban J connectivity index is 1.92. The molecule has 2 N–H and O–H groups in total. The number of aromatic nitrogens is 1. The molecule has 0 spiro atoms. The first-order valence-corrected chi connectivity index (χ1v) is 8.50. The van der Waals surface area contributed by atoms with Crippen molar-refractivity contribution in [3.05, 3.63) is 35.5 Å². The molecule has 0 radical (unpaired) electrons. The lowest BCUT2D eigenvalue weighted by atomic mass is 10.0. The number of aliphatic hydroxyl groups is 1. The summed E-state index contributed by atoms with van der Waals surface area (Å²) in [6.07, 6.45) is 2.96. The fraction of sp³-hybridized carbons (Fsp3) is 0.474. The third kappa shape index (κ3) is 3.67. The van der Waals surface area contributed by atoms with Gasteiger partial charge in [0, 0.05) is 30.1 Å². The molecular formula is C19H24N2O3. The Hall–Kier alpha value is -2.14. The number of ether oxygens (including phenoxy) is 1. The van der Waals surface area contributed by atoms with Crippen LogP contribution in [-0.2, 0) is 0 Å². The molecule has 1 saturated carbocycles. The summed E-state index contributed by atoms with van der Waals surface area (Å²) in [7, 11) is 1.61. The summed E-state index contributed by atoms with van der Waals surface area (Å²) in [5.41, 5.74) is 2.48. The van der Waals surface area contributed by atoms with E-state index in [1.165, 1.54) is 0 Å². The minimum atomic E-state index is -0.0951. The third-order valence-electron chi connectivity index (χ3n) is 4.51. The Morgan fingerprint density at radius 3 is 2.88 bits per heavy atom. The number of fused-ring (bicyclic) bond motifs is 1. The standard InChI is InChI=1S/C19H24N2O3/c1-12(7-8-22)11-20-19(23)16-10-18(13-3-4-13)21-17-6-5-14(24-2)9-15(16)17/h5-6,9-10,12-13,22H,3-4,7-8,11H2,1-2H3,(H,20,23). The van der Waals surface area contributed by atoms with Gasteiger partial charge in [0.05, 0.1) is 18.2 Å². The number of methoxy groups -OCH3 is 1. The van der Waals surface area contributed by atoms with Gasteiger partial charge in [-0.25, -0.2) is 0 Å². The number of hydrogen-bond acceptors (Lipinski definition) is 4. The molecule has 2 aromatic rings. The number of aliphatic hydroxyl groups excluding tert-OH is 1. The zero-order chi connectivity index (χ0) is 17.1. The molecule has 1 aliphatic rings. The Morgan fingerprint density at radius 2 is 2.21 bits per heavy atom. The normalized spacial score (nSPS) is 15.3. The van der Waals surface area contributed by atoms with E-state index in [1.807, 2.05) is 31.2 Å². The fourth-order valence-corrected chi connectivity index (χ4v) is 2.81. The molecule has 24 heavy (non-hydrogen) atoms. The Bertz CT molecular complexity index is 741. The van der Waals surface area contributed by atoms with Crippen molar-refractivity contribution in [1.29, 1.82) is 0 Å². The number of hydrogen-bond donors (Lipinski definition) is 2. The maximum atomic E-state index is 12.7. The van der Waals surface area contributed by atoms with E-state index in [0.29, 0.717) is 30.2 Å². The first kappa shape index (κ1) is 16.7. The highest BCUT2D eigenvalue weighted by Gasteiger charge is 2.27. The molecule has 5 nitrogen and oxygen atoms in total. The highest BCUT2D eigenvalue weighted by atomic mass is 16.5. The second-order valence-corrected chi connectivity index (χ2v) is 6.58. The van der Waals surface area contributed by atoms with E-state index in [-0.39, 0.29) is 18.4 Å². The molecule has 1 fully saturated rings. The van der Waals surface area contributed by atoms with Crippen molar-refractivity contribution in [2.75, 3.05) is 20.3 Å². The number of carbonyl (C=O) groups is 1. The summed E-state index contributed by atoms with van der Waals surface area (Å²) in [5, 5.41) is 12.8. The summed E-state index contributed by atoms with van der Waals surface area (Å²) in [6.45, 7) is 2.70. The number of carbonyl (C=O) groups excluding carboxylic acids is 1. The van der Waals surface area contributed by atoms with Crippen LogP contribution in [0.3, 0.4) is 0 Å². The van der Waals surface area contributed by atoms with Crippen molar-refractivity contribution < 1.29 is 14.6 Å². The van der Waals surface area contributed by atoms with Gasteiger partial charge in [-0.3, -0.25) is 9.78 Å². The molecule has 1 aromatic carbocycles. The number of amides is 1. The number of rotatable bonds is 7. The Kier molecular flexibility index (Phi) is 5.00. The molecular weight excluding hydrogens is 304 g/mol. The minimum Gasteiger partial charge on any atom is -0.497 e. The highest BCUT2D eigenvalue weighted by Crippen LogP contribution is 2.40. The molecule has 1 amide bonds. The SMILES string of the molecule is COc1ccc2nc(C3CC3)cc(C(=O)NCC(C)CCO)c2c1. The monoisotopic (exact) mass is 328 g/mol. The van der Waals surface area contributed by atoms with E-state index >= 15 is 0 Å². The molecule has 1 aromatic heterocycles. The molecule has 0 saturated heterocycles. The predicted octanol–water partition coefficient (Wildman–Crippen LogP) is 2.87. The largest absolute Gasteiger partial charge is 0.497 e. The second-order valence-electron chi connectivity index (χ2n) is 6.58. The topological polar surface area (TPSA) is 71.5 Å². The number of benzene rings is 1. The van der Waals surface area contributed by atoms with Gasteiger partial charge in [-0.05, 0) is 49.4 Å². The Labute approximate surface area is 142 Å².